The van der Waals surface area contributed by atoms with Crippen LogP contribution in [0.2, 0.25) is 0 Å². The molecule has 0 N–H and O–H groups in total. The van der Waals surface area contributed by atoms with Crippen molar-refractivity contribution in [1.29, 1.82) is 0 Å². The van der Waals surface area contributed by atoms with E-state index in [2.05, 4.69) is 0 Å². The minimum Gasteiger partial charge on any atom is -0.497 e. The van der Waals surface area contributed by atoms with Gasteiger partial charge in [0.05, 0.1) is 14.2 Å². The van der Waals surface area contributed by atoms with Crippen LogP contribution in [0.5, 0.6) is 5.75 Å². The minimum atomic E-state index is -0.515. The molecule has 1 fully saturated rings. The van der Waals surface area contributed by atoms with Crippen molar-refractivity contribution in [3.63, 3.8) is 0 Å². The molecule has 1 aliphatic heterocycles. The first-order chi connectivity index (χ1) is 8.17. The molecule has 2 unspecified atom stereocenters. The molecular formula is C13H16O4. The van der Waals surface area contributed by atoms with E-state index >= 15 is 0 Å². The topological polar surface area (TPSA) is 48.1 Å². The highest BCUT2D eigenvalue weighted by Gasteiger charge is 2.61. The molecular weight excluding hydrogens is 220 g/mol. The van der Waals surface area contributed by atoms with E-state index in [1.807, 2.05) is 31.2 Å². The van der Waals surface area contributed by atoms with Crippen molar-refractivity contribution >= 4 is 5.97 Å². The highest BCUT2D eigenvalue weighted by molar-refractivity contribution is 5.79. The third-order valence-corrected chi connectivity index (χ3v) is 3.21. The summed E-state index contributed by atoms with van der Waals surface area (Å²) < 4.78 is 15.4. The molecule has 17 heavy (non-hydrogen) atoms. The third kappa shape index (κ3) is 1.89. The maximum Gasteiger partial charge on any atom is 0.338 e. The molecule has 2 atom stereocenters. The van der Waals surface area contributed by atoms with Crippen LogP contribution in [-0.4, -0.2) is 26.3 Å². The highest BCUT2D eigenvalue weighted by atomic mass is 16.7. The van der Waals surface area contributed by atoms with Gasteiger partial charge in [0.25, 0.3) is 0 Å². The fourth-order valence-corrected chi connectivity index (χ4v) is 2.09. The second-order valence-corrected chi connectivity index (χ2v) is 3.99. The predicted octanol–water partition coefficient (Wildman–Crippen LogP) is 1.87. The van der Waals surface area contributed by atoms with Crippen molar-refractivity contribution in [1.82, 2.24) is 0 Å². The molecule has 92 valence electrons. The maximum atomic E-state index is 11.5. The Kier molecular flexibility index (Phi) is 3.07. The number of ether oxygens (including phenoxy) is 3. The van der Waals surface area contributed by atoms with Crippen LogP contribution in [0.15, 0.2) is 24.3 Å². The van der Waals surface area contributed by atoms with Gasteiger partial charge in [-0.25, -0.2) is 4.79 Å². The van der Waals surface area contributed by atoms with Gasteiger partial charge in [-0.05, 0) is 24.1 Å². The van der Waals surface area contributed by atoms with Crippen LogP contribution in [0.25, 0.3) is 0 Å². The van der Waals surface area contributed by atoms with Crippen LogP contribution in [-0.2, 0) is 19.9 Å². The van der Waals surface area contributed by atoms with Gasteiger partial charge in [-0.2, -0.15) is 0 Å². The van der Waals surface area contributed by atoms with Gasteiger partial charge in [0.15, 0.2) is 6.10 Å². The summed E-state index contributed by atoms with van der Waals surface area (Å²) in [5.74, 6) is 0.470. The van der Waals surface area contributed by atoms with Crippen LogP contribution in [0.1, 0.15) is 18.9 Å². The van der Waals surface area contributed by atoms with Crippen molar-refractivity contribution in [2.24, 2.45) is 0 Å². The molecule has 4 nitrogen and oxygen atoms in total. The average molecular weight is 236 g/mol. The molecule has 0 saturated carbocycles. The Morgan fingerprint density at radius 3 is 2.47 bits per heavy atom. The maximum absolute atomic E-state index is 11.5. The van der Waals surface area contributed by atoms with E-state index in [-0.39, 0.29) is 5.97 Å². The van der Waals surface area contributed by atoms with E-state index in [1.165, 1.54) is 7.11 Å². The first-order valence-corrected chi connectivity index (χ1v) is 5.58. The summed E-state index contributed by atoms with van der Waals surface area (Å²) in [5, 5.41) is 0. The Morgan fingerprint density at radius 2 is 2.00 bits per heavy atom. The van der Waals surface area contributed by atoms with Gasteiger partial charge in [-0.3, -0.25) is 0 Å². The summed E-state index contributed by atoms with van der Waals surface area (Å²) in [6.07, 6.45) is 0.255. The minimum absolute atomic E-state index is 0.317. The smallest absolute Gasteiger partial charge is 0.338 e. The van der Waals surface area contributed by atoms with Gasteiger partial charge in [0, 0.05) is 0 Å². The lowest BCUT2D eigenvalue weighted by Crippen LogP contribution is -2.19. The lowest BCUT2D eigenvalue weighted by Gasteiger charge is -2.10. The number of epoxide rings is 1. The molecule has 1 heterocycles. The number of carbonyl (C=O) groups excluding carboxylic acids is 1. The molecule has 0 aliphatic carbocycles. The second kappa shape index (κ2) is 4.37. The first-order valence-electron chi connectivity index (χ1n) is 5.58. The molecule has 1 aromatic rings. The van der Waals surface area contributed by atoms with Crippen LogP contribution in [0.4, 0.5) is 0 Å². The Hall–Kier alpha value is -1.55. The third-order valence-electron chi connectivity index (χ3n) is 3.21. The van der Waals surface area contributed by atoms with Crippen LogP contribution < -0.4 is 4.74 Å². The van der Waals surface area contributed by atoms with E-state index in [9.17, 15) is 4.79 Å². The zero-order valence-corrected chi connectivity index (χ0v) is 10.2. The molecule has 1 aliphatic rings. The molecule has 0 spiro atoms. The number of hydrogen-bond acceptors (Lipinski definition) is 4. The monoisotopic (exact) mass is 236 g/mol. The molecule has 0 aromatic heterocycles. The summed E-state index contributed by atoms with van der Waals surface area (Å²) in [6.45, 7) is 1.99. The number of carbonyl (C=O) groups is 1. The fourth-order valence-electron chi connectivity index (χ4n) is 2.09. The van der Waals surface area contributed by atoms with Crippen molar-refractivity contribution < 1.29 is 19.0 Å². The summed E-state index contributed by atoms with van der Waals surface area (Å²) in [7, 11) is 2.99. The molecule has 4 heteroatoms. The van der Waals surface area contributed by atoms with Gasteiger partial charge < -0.3 is 14.2 Å². The van der Waals surface area contributed by atoms with Crippen molar-refractivity contribution in [2.45, 2.75) is 25.0 Å². The van der Waals surface area contributed by atoms with E-state index in [4.69, 9.17) is 14.2 Å². The standard InChI is InChI=1S/C13H16O4/c1-4-13(11(17-13)12(14)16-3)9-5-7-10(15-2)8-6-9/h5-8,11H,4H2,1-3H3. The summed E-state index contributed by atoms with van der Waals surface area (Å²) in [6, 6.07) is 7.57. The first kappa shape index (κ1) is 11.9. The van der Waals surface area contributed by atoms with Gasteiger partial charge in [-0.15, -0.1) is 0 Å². The second-order valence-electron chi connectivity index (χ2n) is 3.99. The number of methoxy groups -OCH3 is 2. The lowest BCUT2D eigenvalue weighted by molar-refractivity contribution is -0.142. The summed E-state index contributed by atoms with van der Waals surface area (Å²) >= 11 is 0. The number of esters is 1. The van der Waals surface area contributed by atoms with E-state index in [0.717, 1.165) is 17.7 Å². The quantitative estimate of drug-likeness (QED) is 0.591. The zero-order chi connectivity index (χ0) is 12.5. The zero-order valence-electron chi connectivity index (χ0n) is 10.2. The average Bonchev–Trinajstić information content (AvgIpc) is 3.14. The molecule has 0 radical (unpaired) electrons. The van der Waals surface area contributed by atoms with Crippen molar-refractivity contribution in [2.75, 3.05) is 14.2 Å². The van der Waals surface area contributed by atoms with Gasteiger partial charge >= 0.3 is 5.97 Å². The number of hydrogen-bond donors (Lipinski definition) is 0. The normalized spacial score (nSPS) is 26.4. The van der Waals surface area contributed by atoms with Crippen molar-refractivity contribution in [3.05, 3.63) is 29.8 Å². The van der Waals surface area contributed by atoms with Crippen LogP contribution in [0, 0.1) is 0 Å². The van der Waals surface area contributed by atoms with Crippen molar-refractivity contribution in [3.8, 4) is 5.75 Å². The summed E-state index contributed by atoms with van der Waals surface area (Å²) in [4.78, 5) is 11.5. The molecule has 1 aromatic carbocycles. The van der Waals surface area contributed by atoms with E-state index < -0.39 is 11.7 Å². The Bertz CT molecular complexity index is 412. The predicted molar refractivity (Wildman–Crippen MR) is 61.9 cm³/mol. The molecule has 0 bridgehead atoms. The Labute approximate surface area is 100 Å². The van der Waals surface area contributed by atoms with Gasteiger partial charge in [0.2, 0.25) is 0 Å². The molecule has 0 amide bonds. The van der Waals surface area contributed by atoms with Crippen LogP contribution in [0.3, 0.4) is 0 Å². The number of benzene rings is 1. The highest BCUT2D eigenvalue weighted by Crippen LogP contribution is 2.49. The van der Waals surface area contributed by atoms with Crippen LogP contribution >= 0.6 is 0 Å². The summed E-state index contributed by atoms with van der Waals surface area (Å²) in [5.41, 5.74) is 0.468. The molecule has 2 rings (SSSR count). The number of rotatable bonds is 4. The Morgan fingerprint density at radius 1 is 1.35 bits per heavy atom. The molecule has 1 saturated heterocycles. The lowest BCUT2D eigenvalue weighted by atomic mass is 9.92. The van der Waals surface area contributed by atoms with Gasteiger partial charge in [0.1, 0.15) is 11.4 Å². The SMILES string of the molecule is CCC1(c2ccc(OC)cc2)OC1C(=O)OC. The fraction of sp³-hybridized carbons (Fsp3) is 0.462. The van der Waals surface area contributed by atoms with E-state index in [1.54, 1.807) is 7.11 Å². The largest absolute Gasteiger partial charge is 0.497 e. The van der Waals surface area contributed by atoms with E-state index in [0.29, 0.717) is 0 Å². The Balaban J connectivity index is 2.22. The van der Waals surface area contributed by atoms with Gasteiger partial charge in [-0.1, -0.05) is 19.1 Å².